The van der Waals surface area contributed by atoms with Crippen LogP contribution in [0.1, 0.15) is 51.1 Å². The van der Waals surface area contributed by atoms with Gasteiger partial charge in [0, 0.05) is 18.3 Å². The van der Waals surface area contributed by atoms with Crippen molar-refractivity contribution in [3.8, 4) is 5.88 Å². The standard InChI is InChI=1S/C14H22N2O/c1-10-3-5-13(6-4-10)17-14-9-12(11(2)15)7-8-16-14/h7-11,13H,3-6,15H2,1-2H3/t10?,11-,13?/m1/s1. The number of nitrogens with two attached hydrogens (primary N) is 1. The highest BCUT2D eigenvalue weighted by Crippen LogP contribution is 2.27. The molecule has 94 valence electrons. The molecule has 0 bridgehead atoms. The zero-order chi connectivity index (χ0) is 12.3. The summed E-state index contributed by atoms with van der Waals surface area (Å²) in [4.78, 5) is 4.26. The van der Waals surface area contributed by atoms with Crippen molar-refractivity contribution in [2.45, 2.75) is 51.7 Å². The Morgan fingerprint density at radius 2 is 2.06 bits per heavy atom. The average molecular weight is 234 g/mol. The van der Waals surface area contributed by atoms with E-state index < -0.39 is 0 Å². The van der Waals surface area contributed by atoms with Gasteiger partial charge in [-0.1, -0.05) is 6.92 Å². The summed E-state index contributed by atoms with van der Waals surface area (Å²) < 4.78 is 5.93. The Bertz CT molecular complexity index is 357. The Morgan fingerprint density at radius 3 is 2.71 bits per heavy atom. The Kier molecular flexibility index (Phi) is 4.00. The van der Waals surface area contributed by atoms with Gasteiger partial charge in [0.15, 0.2) is 0 Å². The van der Waals surface area contributed by atoms with Crippen LogP contribution in [0.15, 0.2) is 18.3 Å². The fourth-order valence-electron chi connectivity index (χ4n) is 2.29. The minimum atomic E-state index is 0.0340. The normalized spacial score (nSPS) is 26.5. The molecule has 17 heavy (non-hydrogen) atoms. The first-order valence-electron chi connectivity index (χ1n) is 6.53. The van der Waals surface area contributed by atoms with Gasteiger partial charge in [-0.2, -0.15) is 0 Å². The predicted molar refractivity (Wildman–Crippen MR) is 68.9 cm³/mol. The molecule has 3 nitrogen and oxygen atoms in total. The molecule has 0 radical (unpaired) electrons. The number of pyridine rings is 1. The number of nitrogens with zero attached hydrogens (tertiary/aromatic N) is 1. The van der Waals surface area contributed by atoms with E-state index in [1.54, 1.807) is 6.20 Å². The fourth-order valence-corrected chi connectivity index (χ4v) is 2.29. The van der Waals surface area contributed by atoms with Crippen LogP contribution in [-0.2, 0) is 0 Å². The van der Waals surface area contributed by atoms with Crippen LogP contribution in [0.3, 0.4) is 0 Å². The number of rotatable bonds is 3. The van der Waals surface area contributed by atoms with Crippen LogP contribution < -0.4 is 10.5 Å². The summed E-state index contributed by atoms with van der Waals surface area (Å²) in [5.74, 6) is 1.57. The van der Waals surface area contributed by atoms with E-state index >= 15 is 0 Å². The third kappa shape index (κ3) is 3.43. The monoisotopic (exact) mass is 234 g/mol. The zero-order valence-electron chi connectivity index (χ0n) is 10.7. The SMILES string of the molecule is CC1CCC(Oc2cc([C@@H](C)N)ccn2)CC1. The third-order valence-electron chi connectivity index (χ3n) is 3.53. The van der Waals surface area contributed by atoms with Crippen LogP contribution in [-0.4, -0.2) is 11.1 Å². The second-order valence-corrected chi connectivity index (χ2v) is 5.22. The third-order valence-corrected chi connectivity index (χ3v) is 3.53. The first-order chi connectivity index (χ1) is 8.15. The van der Waals surface area contributed by atoms with Crippen LogP contribution in [0, 0.1) is 5.92 Å². The molecule has 0 amide bonds. The second-order valence-electron chi connectivity index (χ2n) is 5.22. The maximum Gasteiger partial charge on any atom is 0.213 e. The van der Waals surface area contributed by atoms with Crippen LogP contribution in [0.25, 0.3) is 0 Å². The molecule has 0 spiro atoms. The lowest BCUT2D eigenvalue weighted by Gasteiger charge is -2.26. The molecule has 0 aromatic carbocycles. The lowest BCUT2D eigenvalue weighted by atomic mass is 9.89. The highest BCUT2D eigenvalue weighted by molar-refractivity contribution is 5.23. The Morgan fingerprint density at radius 1 is 1.35 bits per heavy atom. The minimum Gasteiger partial charge on any atom is -0.474 e. The Labute approximate surface area is 103 Å². The molecule has 1 atom stereocenters. The molecule has 1 heterocycles. The van der Waals surface area contributed by atoms with Crippen molar-refractivity contribution in [3.63, 3.8) is 0 Å². The quantitative estimate of drug-likeness (QED) is 0.874. The molecule has 1 aliphatic rings. The van der Waals surface area contributed by atoms with E-state index in [1.165, 1.54) is 12.8 Å². The molecule has 2 N–H and O–H groups in total. The Balaban J connectivity index is 1.96. The molecule has 3 heteroatoms. The lowest BCUT2D eigenvalue weighted by molar-refractivity contribution is 0.130. The summed E-state index contributed by atoms with van der Waals surface area (Å²) in [5, 5.41) is 0. The molecule has 1 aromatic heterocycles. The van der Waals surface area contributed by atoms with E-state index in [4.69, 9.17) is 10.5 Å². The predicted octanol–water partition coefficient (Wildman–Crippen LogP) is 3.06. The second kappa shape index (κ2) is 5.50. The van der Waals surface area contributed by atoms with Crippen molar-refractivity contribution in [2.24, 2.45) is 11.7 Å². The molecule has 1 saturated carbocycles. The topological polar surface area (TPSA) is 48.1 Å². The Hall–Kier alpha value is -1.09. The zero-order valence-corrected chi connectivity index (χ0v) is 10.7. The maximum atomic E-state index is 5.93. The van der Waals surface area contributed by atoms with E-state index in [0.717, 1.165) is 30.2 Å². The fraction of sp³-hybridized carbons (Fsp3) is 0.643. The van der Waals surface area contributed by atoms with Gasteiger partial charge in [0.2, 0.25) is 5.88 Å². The molecular formula is C14H22N2O. The highest BCUT2D eigenvalue weighted by atomic mass is 16.5. The van der Waals surface area contributed by atoms with Gasteiger partial charge in [0.1, 0.15) is 6.10 Å². The van der Waals surface area contributed by atoms with Crippen molar-refractivity contribution < 1.29 is 4.74 Å². The van der Waals surface area contributed by atoms with Crippen LogP contribution in [0.4, 0.5) is 0 Å². The number of hydrogen-bond acceptors (Lipinski definition) is 3. The van der Waals surface area contributed by atoms with Crippen molar-refractivity contribution in [1.82, 2.24) is 4.98 Å². The molecular weight excluding hydrogens is 212 g/mol. The van der Waals surface area contributed by atoms with Crippen LogP contribution in [0.5, 0.6) is 5.88 Å². The lowest BCUT2D eigenvalue weighted by Crippen LogP contribution is -2.23. The largest absolute Gasteiger partial charge is 0.474 e. The molecule has 1 aliphatic carbocycles. The van der Waals surface area contributed by atoms with Gasteiger partial charge in [0.05, 0.1) is 0 Å². The number of ether oxygens (including phenoxy) is 1. The van der Waals surface area contributed by atoms with Crippen molar-refractivity contribution in [2.75, 3.05) is 0 Å². The molecule has 1 fully saturated rings. The van der Waals surface area contributed by atoms with Crippen molar-refractivity contribution in [1.29, 1.82) is 0 Å². The highest BCUT2D eigenvalue weighted by Gasteiger charge is 2.19. The van der Waals surface area contributed by atoms with Crippen LogP contribution >= 0.6 is 0 Å². The van der Waals surface area contributed by atoms with Crippen LogP contribution in [0.2, 0.25) is 0 Å². The van der Waals surface area contributed by atoms with Gasteiger partial charge >= 0.3 is 0 Å². The van der Waals surface area contributed by atoms with Gasteiger partial charge < -0.3 is 10.5 Å². The maximum absolute atomic E-state index is 5.93. The summed E-state index contributed by atoms with van der Waals surface area (Å²) in [6.07, 6.45) is 6.92. The van der Waals surface area contributed by atoms with E-state index in [0.29, 0.717) is 6.10 Å². The molecule has 0 aliphatic heterocycles. The van der Waals surface area contributed by atoms with Gasteiger partial charge in [-0.25, -0.2) is 4.98 Å². The summed E-state index contributed by atoms with van der Waals surface area (Å²) in [7, 11) is 0. The van der Waals surface area contributed by atoms with E-state index in [1.807, 2.05) is 19.1 Å². The molecule has 0 unspecified atom stereocenters. The van der Waals surface area contributed by atoms with Crippen molar-refractivity contribution >= 4 is 0 Å². The van der Waals surface area contributed by atoms with E-state index in [2.05, 4.69) is 11.9 Å². The summed E-state index contributed by atoms with van der Waals surface area (Å²) in [6, 6.07) is 3.94. The average Bonchev–Trinajstić information content (AvgIpc) is 2.32. The van der Waals surface area contributed by atoms with Gasteiger partial charge in [-0.05, 0) is 50.2 Å². The van der Waals surface area contributed by atoms with Gasteiger partial charge in [0.25, 0.3) is 0 Å². The summed E-state index contributed by atoms with van der Waals surface area (Å²) in [6.45, 7) is 4.28. The van der Waals surface area contributed by atoms with Crippen molar-refractivity contribution in [3.05, 3.63) is 23.9 Å². The van der Waals surface area contributed by atoms with E-state index in [9.17, 15) is 0 Å². The summed E-state index contributed by atoms with van der Waals surface area (Å²) >= 11 is 0. The first kappa shape index (κ1) is 12.4. The number of aromatic nitrogens is 1. The molecule has 2 rings (SSSR count). The van der Waals surface area contributed by atoms with Gasteiger partial charge in [-0.3, -0.25) is 0 Å². The van der Waals surface area contributed by atoms with Gasteiger partial charge in [-0.15, -0.1) is 0 Å². The molecule has 0 saturated heterocycles. The summed E-state index contributed by atoms with van der Waals surface area (Å²) in [5.41, 5.74) is 6.93. The molecule has 1 aromatic rings. The first-order valence-corrected chi connectivity index (χ1v) is 6.53. The smallest absolute Gasteiger partial charge is 0.213 e. The van der Waals surface area contributed by atoms with E-state index in [-0.39, 0.29) is 6.04 Å². The minimum absolute atomic E-state index is 0.0340. The number of hydrogen-bond donors (Lipinski definition) is 1.